The zero-order valence-electron chi connectivity index (χ0n) is 13.4. The van der Waals surface area contributed by atoms with Crippen LogP contribution >= 0.6 is 0 Å². The third kappa shape index (κ3) is 2.68. The molecule has 0 unspecified atom stereocenters. The Morgan fingerprint density at radius 3 is 2.75 bits per heavy atom. The maximum absolute atomic E-state index is 12.5. The summed E-state index contributed by atoms with van der Waals surface area (Å²) in [7, 11) is 0. The highest BCUT2D eigenvalue weighted by Gasteiger charge is 2.17. The highest BCUT2D eigenvalue weighted by atomic mass is 16.2. The Bertz CT molecular complexity index is 963. The first-order valence-corrected chi connectivity index (χ1v) is 8.47. The van der Waals surface area contributed by atoms with Gasteiger partial charge in [-0.25, -0.2) is 4.98 Å². The fourth-order valence-electron chi connectivity index (χ4n) is 3.64. The monoisotopic (exact) mass is 324 g/mol. The Hall–Kier alpha value is -2.63. The van der Waals surface area contributed by atoms with Gasteiger partial charge in [-0.3, -0.25) is 9.59 Å². The van der Waals surface area contributed by atoms with Gasteiger partial charge < -0.3 is 14.1 Å². The van der Waals surface area contributed by atoms with E-state index in [1.54, 1.807) is 17.1 Å². The molecule has 0 amide bonds. The van der Waals surface area contributed by atoms with Gasteiger partial charge in [-0.15, -0.1) is 0 Å². The number of H-pyrrole nitrogens is 1. The summed E-state index contributed by atoms with van der Waals surface area (Å²) in [5.41, 5.74) is 1.38. The van der Waals surface area contributed by atoms with Gasteiger partial charge in [0.2, 0.25) is 0 Å². The number of hydrogen-bond acceptors (Lipinski definition) is 3. The van der Waals surface area contributed by atoms with Crippen molar-refractivity contribution in [2.75, 3.05) is 0 Å². The number of imidazole rings is 1. The van der Waals surface area contributed by atoms with Gasteiger partial charge in [0.25, 0.3) is 0 Å². The summed E-state index contributed by atoms with van der Waals surface area (Å²) < 4.78 is 3.55. The molecule has 4 rings (SSSR count). The zero-order valence-corrected chi connectivity index (χ0v) is 13.4. The van der Waals surface area contributed by atoms with Crippen molar-refractivity contribution in [1.82, 2.24) is 19.1 Å². The summed E-state index contributed by atoms with van der Waals surface area (Å²) >= 11 is 0. The molecule has 124 valence electrons. The third-order valence-electron chi connectivity index (χ3n) is 4.93. The van der Waals surface area contributed by atoms with Crippen LogP contribution in [0, 0.1) is 5.92 Å². The molecule has 1 aliphatic carbocycles. The summed E-state index contributed by atoms with van der Waals surface area (Å²) in [6.07, 6.45) is 11.2. The van der Waals surface area contributed by atoms with Gasteiger partial charge in [-0.1, -0.05) is 19.3 Å². The van der Waals surface area contributed by atoms with Crippen molar-refractivity contribution < 1.29 is 0 Å². The van der Waals surface area contributed by atoms with Crippen LogP contribution in [0.1, 0.15) is 32.1 Å². The quantitative estimate of drug-likeness (QED) is 0.752. The molecule has 6 heteroatoms. The van der Waals surface area contributed by atoms with Crippen molar-refractivity contribution in [3.05, 3.63) is 57.6 Å². The fraction of sp³-hybridized carbons (Fsp3) is 0.389. The van der Waals surface area contributed by atoms with Crippen molar-refractivity contribution in [1.29, 1.82) is 0 Å². The van der Waals surface area contributed by atoms with Crippen LogP contribution in [0.2, 0.25) is 0 Å². The second kappa shape index (κ2) is 6.11. The number of fused-ring (bicyclic) bond motifs is 1. The summed E-state index contributed by atoms with van der Waals surface area (Å²) in [5.74, 6) is 0.471. The van der Waals surface area contributed by atoms with Gasteiger partial charge >= 0.3 is 11.1 Å². The highest BCUT2D eigenvalue weighted by Crippen LogP contribution is 2.25. The lowest BCUT2D eigenvalue weighted by Gasteiger charge is -2.23. The maximum atomic E-state index is 12.5. The maximum Gasteiger partial charge on any atom is 0.316 e. The van der Waals surface area contributed by atoms with Gasteiger partial charge in [0.15, 0.2) is 0 Å². The molecule has 1 aromatic carbocycles. The van der Waals surface area contributed by atoms with Crippen molar-refractivity contribution in [3.8, 4) is 5.69 Å². The molecule has 1 saturated carbocycles. The second-order valence-electron chi connectivity index (χ2n) is 6.55. The molecule has 2 heterocycles. The molecule has 1 aliphatic rings. The van der Waals surface area contributed by atoms with E-state index in [1.165, 1.54) is 19.3 Å². The molecule has 0 aliphatic heterocycles. The molecule has 0 spiro atoms. The largest absolute Gasteiger partial charge is 0.316 e. The molecule has 2 aromatic heterocycles. The highest BCUT2D eigenvalue weighted by molar-refractivity contribution is 5.77. The SMILES string of the molecule is O=c1[nH]c2ccc(-n3ccnc3)cc2n(CC2CCCCC2)c1=O. The Kier molecular flexibility index (Phi) is 3.80. The van der Waals surface area contributed by atoms with Crippen LogP contribution in [0.15, 0.2) is 46.5 Å². The number of hydrogen-bond donors (Lipinski definition) is 1. The standard InChI is InChI=1S/C18H20N4O2/c23-17-18(24)22(11-13-4-2-1-3-5-13)16-10-14(6-7-15(16)20-17)21-9-8-19-12-21/h6-10,12-13H,1-5,11H2,(H,20,23). The van der Waals surface area contributed by atoms with Gasteiger partial charge in [0, 0.05) is 24.6 Å². The van der Waals surface area contributed by atoms with E-state index in [1.807, 2.05) is 29.0 Å². The molecule has 6 nitrogen and oxygen atoms in total. The predicted octanol–water partition coefficient (Wildman–Crippen LogP) is 2.46. The lowest BCUT2D eigenvalue weighted by Crippen LogP contribution is -2.38. The lowest BCUT2D eigenvalue weighted by atomic mass is 9.89. The number of aromatic amines is 1. The minimum absolute atomic E-state index is 0.462. The van der Waals surface area contributed by atoms with Crippen molar-refractivity contribution in [3.63, 3.8) is 0 Å². The molecule has 24 heavy (non-hydrogen) atoms. The molecule has 0 radical (unpaired) electrons. The Labute approximate surface area is 138 Å². The summed E-state index contributed by atoms with van der Waals surface area (Å²) in [6.45, 7) is 0.618. The first-order chi connectivity index (χ1) is 11.7. The molecule has 1 N–H and O–H groups in total. The van der Waals surface area contributed by atoms with E-state index >= 15 is 0 Å². The minimum atomic E-state index is -0.548. The minimum Gasteiger partial charge on any atom is -0.316 e. The van der Waals surface area contributed by atoms with Crippen molar-refractivity contribution in [2.24, 2.45) is 5.92 Å². The fourth-order valence-corrected chi connectivity index (χ4v) is 3.64. The number of aromatic nitrogens is 4. The van der Waals surface area contributed by atoms with Gasteiger partial charge in [-0.05, 0) is 37.0 Å². The van der Waals surface area contributed by atoms with E-state index in [0.717, 1.165) is 24.0 Å². The van der Waals surface area contributed by atoms with Gasteiger partial charge in [0.1, 0.15) is 0 Å². The molecular formula is C18H20N4O2. The normalized spacial score (nSPS) is 15.8. The smallest absolute Gasteiger partial charge is 0.316 e. The summed E-state index contributed by atoms with van der Waals surface area (Å²) in [5, 5.41) is 0. The average molecular weight is 324 g/mol. The molecule has 3 aromatic rings. The molecule has 1 fully saturated rings. The second-order valence-corrected chi connectivity index (χ2v) is 6.55. The van der Waals surface area contributed by atoms with E-state index < -0.39 is 11.1 Å². The van der Waals surface area contributed by atoms with E-state index in [2.05, 4.69) is 9.97 Å². The van der Waals surface area contributed by atoms with Crippen LogP contribution in [-0.4, -0.2) is 19.1 Å². The van der Waals surface area contributed by atoms with E-state index in [-0.39, 0.29) is 0 Å². The van der Waals surface area contributed by atoms with Crippen molar-refractivity contribution in [2.45, 2.75) is 38.6 Å². The molecule has 0 atom stereocenters. The number of rotatable bonds is 3. The van der Waals surface area contributed by atoms with Crippen LogP contribution < -0.4 is 11.1 Å². The Morgan fingerprint density at radius 2 is 2.00 bits per heavy atom. The lowest BCUT2D eigenvalue weighted by molar-refractivity contribution is 0.319. The average Bonchev–Trinajstić information content (AvgIpc) is 3.14. The zero-order chi connectivity index (χ0) is 16.5. The van der Waals surface area contributed by atoms with Gasteiger partial charge in [-0.2, -0.15) is 0 Å². The Morgan fingerprint density at radius 1 is 1.17 bits per heavy atom. The van der Waals surface area contributed by atoms with E-state index in [0.29, 0.717) is 18.0 Å². The molecule has 0 saturated heterocycles. The first kappa shape index (κ1) is 14.9. The van der Waals surface area contributed by atoms with E-state index in [9.17, 15) is 9.59 Å². The summed E-state index contributed by atoms with van der Waals surface area (Å²) in [6, 6.07) is 5.70. The van der Waals surface area contributed by atoms with Crippen LogP contribution in [0.25, 0.3) is 16.7 Å². The Balaban J connectivity index is 1.85. The van der Waals surface area contributed by atoms with Gasteiger partial charge in [0.05, 0.1) is 17.4 Å². The molecular weight excluding hydrogens is 304 g/mol. The third-order valence-corrected chi connectivity index (χ3v) is 4.93. The predicted molar refractivity (Wildman–Crippen MR) is 92.5 cm³/mol. The topological polar surface area (TPSA) is 72.7 Å². The number of nitrogens with zero attached hydrogens (tertiary/aromatic N) is 3. The summed E-state index contributed by atoms with van der Waals surface area (Å²) in [4.78, 5) is 31.2. The van der Waals surface area contributed by atoms with Crippen molar-refractivity contribution >= 4 is 11.0 Å². The van der Waals surface area contributed by atoms with Crippen LogP contribution in [0.4, 0.5) is 0 Å². The first-order valence-electron chi connectivity index (χ1n) is 8.47. The number of benzene rings is 1. The van der Waals surface area contributed by atoms with E-state index in [4.69, 9.17) is 0 Å². The number of nitrogens with one attached hydrogen (secondary N) is 1. The van der Waals surface area contributed by atoms with Crippen LogP contribution in [-0.2, 0) is 6.54 Å². The molecule has 0 bridgehead atoms. The van der Waals surface area contributed by atoms with Crippen LogP contribution in [0.3, 0.4) is 0 Å². The van der Waals surface area contributed by atoms with Crippen LogP contribution in [0.5, 0.6) is 0 Å².